The quantitative estimate of drug-likeness (QED) is 0.682. The molecule has 1 aromatic carbocycles. The van der Waals surface area contributed by atoms with E-state index in [2.05, 4.69) is 13.0 Å². The highest BCUT2D eigenvalue weighted by Crippen LogP contribution is 2.33. The molecule has 0 aliphatic rings. The molecule has 0 spiro atoms. The van der Waals surface area contributed by atoms with E-state index in [1.165, 1.54) is 5.56 Å². The van der Waals surface area contributed by atoms with Crippen molar-refractivity contribution in [1.29, 1.82) is 0 Å². The van der Waals surface area contributed by atoms with Gasteiger partial charge in [0, 0.05) is 16.5 Å². The highest BCUT2D eigenvalue weighted by molar-refractivity contribution is 7.18. The van der Waals surface area contributed by atoms with Gasteiger partial charge in [0.1, 0.15) is 0 Å². The Bertz CT molecular complexity index is 445. The summed E-state index contributed by atoms with van der Waals surface area (Å²) in [7, 11) is 0. The zero-order chi connectivity index (χ0) is 9.42. The van der Waals surface area contributed by atoms with Gasteiger partial charge in [0.15, 0.2) is 0 Å². The molecular formula is C10H12N2S. The van der Waals surface area contributed by atoms with Crippen molar-refractivity contribution in [3.8, 4) is 0 Å². The van der Waals surface area contributed by atoms with Crippen LogP contribution in [0.2, 0.25) is 0 Å². The summed E-state index contributed by atoms with van der Waals surface area (Å²) in [6.45, 7) is 2.11. The van der Waals surface area contributed by atoms with Crippen molar-refractivity contribution < 1.29 is 0 Å². The van der Waals surface area contributed by atoms with Crippen LogP contribution in [0, 0.1) is 0 Å². The molecule has 0 aliphatic carbocycles. The highest BCUT2D eigenvalue weighted by atomic mass is 32.1. The van der Waals surface area contributed by atoms with Gasteiger partial charge in [-0.2, -0.15) is 0 Å². The van der Waals surface area contributed by atoms with Crippen LogP contribution in [0.4, 0.5) is 11.4 Å². The summed E-state index contributed by atoms with van der Waals surface area (Å²) in [4.78, 5) is 0. The van der Waals surface area contributed by atoms with E-state index < -0.39 is 0 Å². The summed E-state index contributed by atoms with van der Waals surface area (Å²) in [5.74, 6) is 0. The molecule has 0 saturated carbocycles. The Labute approximate surface area is 81.2 Å². The first-order valence-corrected chi connectivity index (χ1v) is 5.15. The number of rotatable bonds is 1. The van der Waals surface area contributed by atoms with E-state index in [-0.39, 0.29) is 0 Å². The van der Waals surface area contributed by atoms with Crippen molar-refractivity contribution in [2.24, 2.45) is 0 Å². The average Bonchev–Trinajstić information content (AvgIpc) is 2.48. The van der Waals surface area contributed by atoms with E-state index in [4.69, 9.17) is 11.5 Å². The molecule has 0 aliphatic heterocycles. The molecule has 0 amide bonds. The summed E-state index contributed by atoms with van der Waals surface area (Å²) >= 11 is 1.61. The Hall–Kier alpha value is -1.22. The van der Waals surface area contributed by atoms with Gasteiger partial charge in [-0.1, -0.05) is 6.92 Å². The zero-order valence-corrected chi connectivity index (χ0v) is 8.32. The number of anilines is 2. The molecule has 0 fully saturated rings. The fraction of sp³-hybridized carbons (Fsp3) is 0.200. The molecule has 0 radical (unpaired) electrons. The standard InChI is InChI=1S/C10H12N2S/c1-2-6-3-7-9(12)5-13-10(7)8(11)4-6/h3-5H,2,11-12H2,1H3. The van der Waals surface area contributed by atoms with Crippen LogP contribution in [0.5, 0.6) is 0 Å². The van der Waals surface area contributed by atoms with Crippen molar-refractivity contribution in [2.45, 2.75) is 13.3 Å². The van der Waals surface area contributed by atoms with Gasteiger partial charge in [0.25, 0.3) is 0 Å². The minimum atomic E-state index is 0.835. The summed E-state index contributed by atoms with van der Waals surface area (Å²) in [6, 6.07) is 4.15. The molecule has 68 valence electrons. The van der Waals surface area contributed by atoms with Crippen molar-refractivity contribution in [3.63, 3.8) is 0 Å². The van der Waals surface area contributed by atoms with E-state index in [1.807, 2.05) is 11.4 Å². The van der Waals surface area contributed by atoms with E-state index in [9.17, 15) is 0 Å². The van der Waals surface area contributed by atoms with Crippen molar-refractivity contribution in [3.05, 3.63) is 23.1 Å². The number of hydrogen-bond acceptors (Lipinski definition) is 3. The molecule has 0 saturated heterocycles. The lowest BCUT2D eigenvalue weighted by atomic mass is 10.1. The topological polar surface area (TPSA) is 52.0 Å². The monoisotopic (exact) mass is 192 g/mol. The molecule has 0 atom stereocenters. The first-order valence-electron chi connectivity index (χ1n) is 4.27. The Balaban J connectivity index is 2.80. The number of benzene rings is 1. The Morgan fingerprint density at radius 3 is 2.69 bits per heavy atom. The van der Waals surface area contributed by atoms with Gasteiger partial charge in [-0.15, -0.1) is 11.3 Å². The first-order chi connectivity index (χ1) is 6.22. The van der Waals surface area contributed by atoms with Gasteiger partial charge >= 0.3 is 0 Å². The van der Waals surface area contributed by atoms with Gasteiger partial charge in [-0.25, -0.2) is 0 Å². The summed E-state index contributed by atoms with van der Waals surface area (Å²) < 4.78 is 1.11. The third-order valence-corrected chi connectivity index (χ3v) is 3.26. The van der Waals surface area contributed by atoms with Gasteiger partial charge in [0.2, 0.25) is 0 Å². The number of hydrogen-bond donors (Lipinski definition) is 2. The van der Waals surface area contributed by atoms with E-state index in [0.29, 0.717) is 0 Å². The maximum atomic E-state index is 5.90. The van der Waals surface area contributed by atoms with Crippen LogP contribution in [-0.4, -0.2) is 0 Å². The van der Waals surface area contributed by atoms with Crippen LogP contribution >= 0.6 is 11.3 Å². The Morgan fingerprint density at radius 1 is 1.23 bits per heavy atom. The molecular weight excluding hydrogens is 180 g/mol. The second kappa shape index (κ2) is 2.92. The normalized spacial score (nSPS) is 10.8. The van der Waals surface area contributed by atoms with E-state index in [1.54, 1.807) is 11.3 Å². The number of fused-ring (bicyclic) bond motifs is 1. The van der Waals surface area contributed by atoms with Gasteiger partial charge in [-0.05, 0) is 24.1 Å². The second-order valence-electron chi connectivity index (χ2n) is 3.11. The minimum absolute atomic E-state index is 0.835. The third-order valence-electron chi connectivity index (χ3n) is 2.20. The van der Waals surface area contributed by atoms with E-state index >= 15 is 0 Å². The summed E-state index contributed by atoms with van der Waals surface area (Å²) in [5.41, 5.74) is 14.6. The van der Waals surface area contributed by atoms with Crippen LogP contribution in [0.1, 0.15) is 12.5 Å². The molecule has 2 nitrogen and oxygen atoms in total. The molecule has 3 heteroatoms. The van der Waals surface area contributed by atoms with Crippen LogP contribution in [-0.2, 0) is 6.42 Å². The maximum absolute atomic E-state index is 5.90. The Morgan fingerprint density at radius 2 is 2.00 bits per heavy atom. The lowest BCUT2D eigenvalue weighted by molar-refractivity contribution is 1.15. The van der Waals surface area contributed by atoms with Gasteiger partial charge < -0.3 is 11.5 Å². The van der Waals surface area contributed by atoms with Crippen molar-refractivity contribution in [1.82, 2.24) is 0 Å². The molecule has 2 aromatic rings. The molecule has 4 N–H and O–H groups in total. The smallest absolute Gasteiger partial charge is 0.0593 e. The fourth-order valence-corrected chi connectivity index (χ4v) is 2.32. The molecule has 0 bridgehead atoms. The highest BCUT2D eigenvalue weighted by Gasteiger charge is 2.05. The zero-order valence-electron chi connectivity index (χ0n) is 7.50. The number of thiophene rings is 1. The first kappa shape index (κ1) is 8.38. The van der Waals surface area contributed by atoms with Crippen molar-refractivity contribution in [2.75, 3.05) is 11.5 Å². The number of nitrogens with two attached hydrogens (primary N) is 2. The second-order valence-corrected chi connectivity index (χ2v) is 3.99. The predicted molar refractivity (Wildman–Crippen MR) is 60.0 cm³/mol. The maximum Gasteiger partial charge on any atom is 0.0593 e. The molecule has 0 unspecified atom stereocenters. The summed E-state index contributed by atoms with van der Waals surface area (Å²) in [5, 5.41) is 3.04. The number of aryl methyl sites for hydroxylation is 1. The lowest BCUT2D eigenvalue weighted by Crippen LogP contribution is -1.89. The van der Waals surface area contributed by atoms with Gasteiger partial charge in [0.05, 0.1) is 10.4 Å². The average molecular weight is 192 g/mol. The third kappa shape index (κ3) is 1.25. The van der Waals surface area contributed by atoms with Crippen LogP contribution < -0.4 is 11.5 Å². The SMILES string of the molecule is CCc1cc(N)c2scc(N)c2c1. The van der Waals surface area contributed by atoms with E-state index in [0.717, 1.165) is 27.9 Å². The van der Waals surface area contributed by atoms with Crippen LogP contribution in [0.3, 0.4) is 0 Å². The fourth-order valence-electron chi connectivity index (χ4n) is 1.45. The number of nitrogen functional groups attached to an aromatic ring is 2. The van der Waals surface area contributed by atoms with Gasteiger partial charge in [-0.3, -0.25) is 0 Å². The van der Waals surface area contributed by atoms with Crippen LogP contribution in [0.25, 0.3) is 10.1 Å². The minimum Gasteiger partial charge on any atom is -0.398 e. The van der Waals surface area contributed by atoms with Crippen LogP contribution in [0.15, 0.2) is 17.5 Å². The molecule has 2 rings (SSSR count). The molecule has 1 aromatic heterocycles. The predicted octanol–water partition coefficient (Wildman–Crippen LogP) is 2.63. The van der Waals surface area contributed by atoms with Crippen molar-refractivity contribution >= 4 is 32.8 Å². The summed E-state index contributed by atoms with van der Waals surface area (Å²) in [6.07, 6.45) is 0.995. The molecule has 13 heavy (non-hydrogen) atoms. The molecule has 1 heterocycles. The lowest BCUT2D eigenvalue weighted by Gasteiger charge is -2.01. The Kier molecular flexibility index (Phi) is 1.88. The largest absolute Gasteiger partial charge is 0.398 e.